The van der Waals surface area contributed by atoms with E-state index >= 15 is 0 Å². The molecule has 0 bridgehead atoms. The van der Waals surface area contributed by atoms with Crippen molar-refractivity contribution in [3.8, 4) is 5.75 Å². The normalized spacial score (nSPS) is 19.4. The SMILES string of the molecule is CCN1CCC[C@H]1CNCc1cc(Cl)ccc1OC(F)F. The van der Waals surface area contributed by atoms with Gasteiger partial charge < -0.3 is 10.1 Å². The number of ether oxygens (including phenoxy) is 1. The maximum absolute atomic E-state index is 12.4. The van der Waals surface area contributed by atoms with E-state index < -0.39 is 6.61 Å². The van der Waals surface area contributed by atoms with E-state index in [1.807, 2.05) is 0 Å². The highest BCUT2D eigenvalue weighted by atomic mass is 35.5. The summed E-state index contributed by atoms with van der Waals surface area (Å²) in [6.07, 6.45) is 2.40. The van der Waals surface area contributed by atoms with E-state index in [0.29, 0.717) is 23.2 Å². The molecule has 21 heavy (non-hydrogen) atoms. The number of hydrogen-bond donors (Lipinski definition) is 1. The lowest BCUT2D eigenvalue weighted by molar-refractivity contribution is -0.0505. The number of alkyl halides is 2. The maximum Gasteiger partial charge on any atom is 0.387 e. The van der Waals surface area contributed by atoms with Crippen molar-refractivity contribution in [2.24, 2.45) is 0 Å². The van der Waals surface area contributed by atoms with E-state index in [-0.39, 0.29) is 5.75 Å². The van der Waals surface area contributed by atoms with Crippen LogP contribution in [0.4, 0.5) is 8.78 Å². The Kier molecular flexibility index (Phi) is 6.21. The minimum absolute atomic E-state index is 0.181. The first-order valence-electron chi connectivity index (χ1n) is 7.28. The highest BCUT2D eigenvalue weighted by molar-refractivity contribution is 6.30. The lowest BCUT2D eigenvalue weighted by Crippen LogP contribution is -2.37. The van der Waals surface area contributed by atoms with Crippen LogP contribution in [0.5, 0.6) is 5.75 Å². The highest BCUT2D eigenvalue weighted by Crippen LogP contribution is 2.24. The predicted molar refractivity (Wildman–Crippen MR) is 80.1 cm³/mol. The molecule has 0 saturated carbocycles. The van der Waals surface area contributed by atoms with Crippen LogP contribution in [0, 0.1) is 0 Å². The van der Waals surface area contributed by atoms with Crippen LogP contribution in [0.2, 0.25) is 5.02 Å². The second-order valence-corrected chi connectivity index (χ2v) is 5.62. The standard InChI is InChI=1S/C15H21ClF2N2O/c1-2-20-7-3-4-13(20)10-19-9-11-8-12(16)5-6-14(11)21-15(17)18/h5-6,8,13,15,19H,2-4,7,9-10H2,1H3/t13-/m0/s1. The zero-order chi connectivity index (χ0) is 15.2. The van der Waals surface area contributed by atoms with Crippen LogP contribution in [0.1, 0.15) is 25.3 Å². The van der Waals surface area contributed by atoms with Gasteiger partial charge in [-0.3, -0.25) is 4.90 Å². The summed E-state index contributed by atoms with van der Waals surface area (Å²) in [6.45, 7) is 2.83. The van der Waals surface area contributed by atoms with Gasteiger partial charge in [-0.1, -0.05) is 18.5 Å². The fourth-order valence-electron chi connectivity index (χ4n) is 2.81. The van der Waals surface area contributed by atoms with Crippen LogP contribution in [0.15, 0.2) is 18.2 Å². The van der Waals surface area contributed by atoms with E-state index in [1.54, 1.807) is 12.1 Å². The molecule has 3 nitrogen and oxygen atoms in total. The molecule has 0 unspecified atom stereocenters. The molecule has 118 valence electrons. The summed E-state index contributed by atoms with van der Waals surface area (Å²) in [4.78, 5) is 2.43. The molecule has 0 aliphatic carbocycles. The van der Waals surface area contributed by atoms with Crippen molar-refractivity contribution in [3.63, 3.8) is 0 Å². The number of hydrogen-bond acceptors (Lipinski definition) is 3. The van der Waals surface area contributed by atoms with Crippen LogP contribution in [0.3, 0.4) is 0 Å². The smallest absolute Gasteiger partial charge is 0.387 e. The van der Waals surface area contributed by atoms with Crippen LogP contribution in [0.25, 0.3) is 0 Å². The minimum Gasteiger partial charge on any atom is -0.434 e. The average molecular weight is 319 g/mol. The third kappa shape index (κ3) is 4.80. The van der Waals surface area contributed by atoms with Gasteiger partial charge in [-0.15, -0.1) is 0 Å². The van der Waals surface area contributed by atoms with Gasteiger partial charge in [0.15, 0.2) is 0 Å². The molecule has 0 spiro atoms. The van der Waals surface area contributed by atoms with Gasteiger partial charge in [-0.2, -0.15) is 8.78 Å². The Morgan fingerprint density at radius 1 is 1.48 bits per heavy atom. The van der Waals surface area contributed by atoms with Gasteiger partial charge in [-0.25, -0.2) is 0 Å². The number of nitrogens with zero attached hydrogens (tertiary/aromatic N) is 1. The van der Waals surface area contributed by atoms with Crippen LogP contribution in [-0.4, -0.2) is 37.2 Å². The molecule has 1 aliphatic rings. The van der Waals surface area contributed by atoms with Gasteiger partial charge in [0.1, 0.15) is 5.75 Å². The van der Waals surface area contributed by atoms with Gasteiger partial charge in [0.2, 0.25) is 0 Å². The van der Waals surface area contributed by atoms with Crippen molar-refractivity contribution >= 4 is 11.6 Å². The molecule has 1 aromatic rings. The van der Waals surface area contributed by atoms with Crippen molar-refractivity contribution in [1.82, 2.24) is 10.2 Å². The molecule has 2 rings (SSSR count). The monoisotopic (exact) mass is 318 g/mol. The predicted octanol–water partition coefficient (Wildman–Crippen LogP) is 3.52. The van der Waals surface area contributed by atoms with Crippen LogP contribution >= 0.6 is 11.6 Å². The largest absolute Gasteiger partial charge is 0.434 e. The number of halogens is 3. The summed E-state index contributed by atoms with van der Waals surface area (Å²) >= 11 is 5.93. The summed E-state index contributed by atoms with van der Waals surface area (Å²) in [5, 5.41) is 3.84. The van der Waals surface area contributed by atoms with Crippen LogP contribution < -0.4 is 10.1 Å². The van der Waals surface area contributed by atoms with Gasteiger partial charge in [0, 0.05) is 29.7 Å². The van der Waals surface area contributed by atoms with Crippen molar-refractivity contribution in [1.29, 1.82) is 0 Å². The molecule has 0 aromatic heterocycles. The third-order valence-corrected chi connectivity index (χ3v) is 4.07. The molecule has 0 amide bonds. The van der Waals surface area contributed by atoms with E-state index in [1.165, 1.54) is 18.9 Å². The molecular weight excluding hydrogens is 298 g/mol. The fraction of sp³-hybridized carbons (Fsp3) is 0.600. The number of nitrogens with one attached hydrogen (secondary N) is 1. The number of rotatable bonds is 7. The molecule has 1 atom stereocenters. The average Bonchev–Trinajstić information content (AvgIpc) is 2.89. The molecule has 1 saturated heterocycles. The topological polar surface area (TPSA) is 24.5 Å². The zero-order valence-electron chi connectivity index (χ0n) is 12.1. The Hall–Kier alpha value is -0.910. The van der Waals surface area contributed by atoms with E-state index in [0.717, 1.165) is 19.6 Å². The molecular formula is C15H21ClF2N2O. The molecule has 0 radical (unpaired) electrons. The summed E-state index contributed by atoms with van der Waals surface area (Å²) in [5.74, 6) is 0.181. The molecule has 1 N–H and O–H groups in total. The second kappa shape index (κ2) is 7.92. The summed E-state index contributed by atoms with van der Waals surface area (Å²) in [7, 11) is 0. The van der Waals surface area contributed by atoms with E-state index in [9.17, 15) is 8.78 Å². The van der Waals surface area contributed by atoms with Crippen molar-refractivity contribution < 1.29 is 13.5 Å². The number of likely N-dealkylation sites (tertiary alicyclic amines) is 1. The summed E-state index contributed by atoms with van der Waals surface area (Å²) in [5.41, 5.74) is 0.656. The van der Waals surface area contributed by atoms with Crippen molar-refractivity contribution in [3.05, 3.63) is 28.8 Å². The lowest BCUT2D eigenvalue weighted by atomic mass is 10.2. The molecule has 1 heterocycles. The van der Waals surface area contributed by atoms with E-state index in [4.69, 9.17) is 11.6 Å². The Balaban J connectivity index is 1.91. The Morgan fingerprint density at radius 2 is 2.29 bits per heavy atom. The molecule has 1 fully saturated rings. The van der Waals surface area contributed by atoms with Gasteiger partial charge in [-0.05, 0) is 44.1 Å². The third-order valence-electron chi connectivity index (χ3n) is 3.84. The van der Waals surface area contributed by atoms with Gasteiger partial charge in [0.05, 0.1) is 0 Å². The van der Waals surface area contributed by atoms with Crippen molar-refractivity contribution in [2.75, 3.05) is 19.6 Å². The Bertz CT molecular complexity index is 459. The van der Waals surface area contributed by atoms with Gasteiger partial charge in [0.25, 0.3) is 0 Å². The lowest BCUT2D eigenvalue weighted by Gasteiger charge is -2.23. The quantitative estimate of drug-likeness (QED) is 0.832. The highest BCUT2D eigenvalue weighted by Gasteiger charge is 2.22. The van der Waals surface area contributed by atoms with Crippen LogP contribution in [-0.2, 0) is 6.54 Å². The molecule has 1 aromatic carbocycles. The first-order valence-corrected chi connectivity index (χ1v) is 7.66. The fourth-order valence-corrected chi connectivity index (χ4v) is 3.01. The second-order valence-electron chi connectivity index (χ2n) is 5.19. The van der Waals surface area contributed by atoms with E-state index in [2.05, 4.69) is 21.9 Å². The van der Waals surface area contributed by atoms with Gasteiger partial charge >= 0.3 is 6.61 Å². The minimum atomic E-state index is -2.82. The summed E-state index contributed by atoms with van der Waals surface area (Å²) < 4.78 is 29.3. The Labute approximate surface area is 129 Å². The molecule has 6 heteroatoms. The Morgan fingerprint density at radius 3 is 3.00 bits per heavy atom. The van der Waals surface area contributed by atoms with Crippen molar-refractivity contribution in [2.45, 2.75) is 39.0 Å². The number of benzene rings is 1. The number of likely N-dealkylation sites (N-methyl/N-ethyl adjacent to an activating group) is 1. The first kappa shape index (κ1) is 16.5. The molecule has 1 aliphatic heterocycles. The first-order chi connectivity index (χ1) is 10.1. The zero-order valence-corrected chi connectivity index (χ0v) is 12.9. The summed E-state index contributed by atoms with van der Waals surface area (Å²) in [6, 6.07) is 5.23. The maximum atomic E-state index is 12.4.